The van der Waals surface area contributed by atoms with Crippen molar-refractivity contribution in [1.29, 1.82) is 0 Å². The van der Waals surface area contributed by atoms with Gasteiger partial charge in [-0.15, -0.1) is 0 Å². The summed E-state index contributed by atoms with van der Waals surface area (Å²) < 4.78 is 4.98. The predicted octanol–water partition coefficient (Wildman–Crippen LogP) is 1.80. The van der Waals surface area contributed by atoms with E-state index in [1.807, 2.05) is 0 Å². The molecule has 1 aromatic rings. The Balaban J connectivity index is 2.82. The van der Waals surface area contributed by atoms with Crippen molar-refractivity contribution in [3.8, 4) is 5.75 Å². The average molecular weight is 248 g/mol. The Morgan fingerprint density at radius 3 is 2.11 bits per heavy atom. The van der Waals surface area contributed by atoms with Crippen LogP contribution in [-0.2, 0) is 9.59 Å². The molecule has 0 aliphatic heterocycles. The van der Waals surface area contributed by atoms with Gasteiger partial charge in [0, 0.05) is 0 Å². The van der Waals surface area contributed by atoms with Crippen LogP contribution in [0.3, 0.4) is 0 Å². The predicted molar refractivity (Wildman–Crippen MR) is 65.4 cm³/mol. The largest absolute Gasteiger partial charge is 0.497 e. The standard InChI is InChI=1S/C13H12O5/c1-18-10-7-5-9(6-8-10)3-2-4-11(12(14)15)13(16)17/h2-8H,1H3,(H,14,15)(H,16,17). The van der Waals surface area contributed by atoms with E-state index in [-0.39, 0.29) is 0 Å². The van der Waals surface area contributed by atoms with E-state index in [0.717, 1.165) is 11.6 Å². The molecule has 0 heterocycles. The fourth-order valence-corrected chi connectivity index (χ4v) is 1.20. The first-order valence-electron chi connectivity index (χ1n) is 5.03. The first kappa shape index (κ1) is 13.5. The van der Waals surface area contributed by atoms with Gasteiger partial charge in [0.05, 0.1) is 7.11 Å². The maximum atomic E-state index is 10.6. The first-order valence-corrected chi connectivity index (χ1v) is 5.03. The quantitative estimate of drug-likeness (QED) is 0.359. The topological polar surface area (TPSA) is 83.8 Å². The molecule has 0 saturated carbocycles. The normalized spacial score (nSPS) is 10.1. The molecule has 0 bridgehead atoms. The minimum Gasteiger partial charge on any atom is -0.497 e. The molecule has 94 valence electrons. The molecular formula is C13H12O5. The minimum atomic E-state index is -1.47. The number of rotatable bonds is 5. The van der Waals surface area contributed by atoms with E-state index in [1.165, 1.54) is 6.08 Å². The molecule has 0 spiro atoms. The van der Waals surface area contributed by atoms with Crippen LogP contribution in [0.4, 0.5) is 0 Å². The molecule has 0 atom stereocenters. The summed E-state index contributed by atoms with van der Waals surface area (Å²) >= 11 is 0. The van der Waals surface area contributed by atoms with Gasteiger partial charge in [-0.3, -0.25) is 0 Å². The van der Waals surface area contributed by atoms with Crippen LogP contribution in [0.1, 0.15) is 5.56 Å². The Labute approximate surface area is 104 Å². The lowest BCUT2D eigenvalue weighted by Crippen LogP contribution is -2.10. The van der Waals surface area contributed by atoms with Gasteiger partial charge in [0.1, 0.15) is 11.3 Å². The number of hydrogen-bond acceptors (Lipinski definition) is 3. The van der Waals surface area contributed by atoms with E-state index in [4.69, 9.17) is 14.9 Å². The number of benzene rings is 1. The third-order valence-corrected chi connectivity index (χ3v) is 2.13. The van der Waals surface area contributed by atoms with Gasteiger partial charge >= 0.3 is 11.9 Å². The summed E-state index contributed by atoms with van der Waals surface area (Å²) in [7, 11) is 1.56. The van der Waals surface area contributed by atoms with Crippen molar-refractivity contribution in [1.82, 2.24) is 0 Å². The summed E-state index contributed by atoms with van der Waals surface area (Å²) in [5, 5.41) is 17.2. The molecule has 0 amide bonds. The van der Waals surface area contributed by atoms with Crippen LogP contribution in [0.25, 0.3) is 6.08 Å². The van der Waals surface area contributed by atoms with Crippen molar-refractivity contribution < 1.29 is 24.5 Å². The van der Waals surface area contributed by atoms with Gasteiger partial charge in [0.25, 0.3) is 0 Å². The highest BCUT2D eigenvalue weighted by Gasteiger charge is 2.13. The van der Waals surface area contributed by atoms with Crippen molar-refractivity contribution in [2.75, 3.05) is 7.11 Å². The number of ether oxygens (including phenoxy) is 1. The Morgan fingerprint density at radius 2 is 1.67 bits per heavy atom. The average Bonchev–Trinajstić information content (AvgIpc) is 2.34. The molecule has 1 aromatic carbocycles. The van der Waals surface area contributed by atoms with E-state index in [9.17, 15) is 9.59 Å². The number of allylic oxidation sites excluding steroid dienone is 2. The highest BCUT2D eigenvalue weighted by molar-refractivity contribution is 6.12. The molecule has 1 rings (SSSR count). The maximum absolute atomic E-state index is 10.6. The van der Waals surface area contributed by atoms with Gasteiger partial charge in [-0.1, -0.05) is 24.3 Å². The van der Waals surface area contributed by atoms with Gasteiger partial charge in [-0.05, 0) is 23.8 Å². The Morgan fingerprint density at radius 1 is 1.11 bits per heavy atom. The minimum absolute atomic E-state index is 0.681. The van der Waals surface area contributed by atoms with Crippen molar-refractivity contribution in [3.63, 3.8) is 0 Å². The summed E-state index contributed by atoms with van der Waals surface area (Å²) in [5.41, 5.74) is 0.127. The summed E-state index contributed by atoms with van der Waals surface area (Å²) in [4.78, 5) is 21.1. The van der Waals surface area contributed by atoms with Gasteiger partial charge in [-0.2, -0.15) is 0 Å². The highest BCUT2D eigenvalue weighted by atomic mass is 16.5. The molecule has 0 aliphatic rings. The van der Waals surface area contributed by atoms with Gasteiger partial charge < -0.3 is 14.9 Å². The van der Waals surface area contributed by atoms with Gasteiger partial charge in [0.15, 0.2) is 0 Å². The monoisotopic (exact) mass is 248 g/mol. The SMILES string of the molecule is COc1ccc(C=CC=C(C(=O)O)C(=O)O)cc1. The van der Waals surface area contributed by atoms with E-state index < -0.39 is 17.5 Å². The van der Waals surface area contributed by atoms with Crippen LogP contribution in [0.15, 0.2) is 42.0 Å². The van der Waals surface area contributed by atoms with E-state index in [1.54, 1.807) is 37.5 Å². The zero-order chi connectivity index (χ0) is 13.5. The fourth-order valence-electron chi connectivity index (χ4n) is 1.20. The second kappa shape index (κ2) is 6.24. The lowest BCUT2D eigenvalue weighted by Gasteiger charge is -1.98. The first-order chi connectivity index (χ1) is 8.54. The van der Waals surface area contributed by atoms with Crippen LogP contribution in [0, 0.1) is 0 Å². The molecule has 0 unspecified atom stereocenters. The molecule has 0 saturated heterocycles. The molecule has 5 nitrogen and oxygen atoms in total. The van der Waals surface area contributed by atoms with Gasteiger partial charge in [0.2, 0.25) is 0 Å². The molecule has 0 radical (unpaired) electrons. The van der Waals surface area contributed by atoms with Crippen molar-refractivity contribution in [3.05, 3.63) is 47.6 Å². The van der Waals surface area contributed by atoms with Crippen LogP contribution in [-0.4, -0.2) is 29.3 Å². The fraction of sp³-hybridized carbons (Fsp3) is 0.0769. The second-order valence-electron chi connectivity index (χ2n) is 3.32. The number of methoxy groups -OCH3 is 1. The number of hydrogen-bond donors (Lipinski definition) is 2. The molecule has 5 heteroatoms. The van der Waals surface area contributed by atoms with Crippen LogP contribution in [0.2, 0.25) is 0 Å². The van der Waals surface area contributed by atoms with Crippen LogP contribution >= 0.6 is 0 Å². The number of carboxylic acid groups (broad SMARTS) is 2. The molecular weight excluding hydrogens is 236 g/mol. The molecule has 2 N–H and O–H groups in total. The van der Waals surface area contributed by atoms with Crippen LogP contribution in [0.5, 0.6) is 5.75 Å². The third kappa shape index (κ3) is 3.79. The summed E-state index contributed by atoms with van der Waals surface area (Å²) in [6.07, 6.45) is 4.01. The van der Waals surface area contributed by atoms with Crippen LogP contribution < -0.4 is 4.74 Å². The summed E-state index contributed by atoms with van der Waals surface area (Å²) in [6.45, 7) is 0. The Hall–Kier alpha value is -2.56. The zero-order valence-electron chi connectivity index (χ0n) is 9.66. The Bertz CT molecular complexity index is 481. The summed E-state index contributed by atoms with van der Waals surface area (Å²) in [6, 6.07) is 7.03. The maximum Gasteiger partial charge on any atom is 0.343 e. The Kier molecular flexibility index (Phi) is 4.68. The third-order valence-electron chi connectivity index (χ3n) is 2.13. The molecule has 0 aliphatic carbocycles. The van der Waals surface area contributed by atoms with Crippen molar-refractivity contribution in [2.24, 2.45) is 0 Å². The molecule has 0 aromatic heterocycles. The summed E-state index contributed by atoms with van der Waals surface area (Å²) in [5.74, 6) is -2.23. The number of carbonyl (C=O) groups is 2. The van der Waals surface area contributed by atoms with E-state index in [2.05, 4.69) is 0 Å². The molecule has 18 heavy (non-hydrogen) atoms. The van der Waals surface area contributed by atoms with Gasteiger partial charge in [-0.25, -0.2) is 9.59 Å². The van der Waals surface area contributed by atoms with Crippen molar-refractivity contribution in [2.45, 2.75) is 0 Å². The second-order valence-corrected chi connectivity index (χ2v) is 3.32. The highest BCUT2D eigenvalue weighted by Crippen LogP contribution is 2.12. The lowest BCUT2D eigenvalue weighted by molar-refractivity contribution is -0.140. The zero-order valence-corrected chi connectivity index (χ0v) is 9.66. The molecule has 0 fully saturated rings. The number of aliphatic carboxylic acids is 2. The van der Waals surface area contributed by atoms with E-state index >= 15 is 0 Å². The van der Waals surface area contributed by atoms with E-state index in [0.29, 0.717) is 5.75 Å². The smallest absolute Gasteiger partial charge is 0.343 e. The number of carboxylic acids is 2. The van der Waals surface area contributed by atoms with Crippen molar-refractivity contribution >= 4 is 18.0 Å². The lowest BCUT2D eigenvalue weighted by atomic mass is 10.2.